The van der Waals surface area contributed by atoms with Gasteiger partial charge in [-0.25, -0.2) is 4.98 Å². The molecule has 0 atom stereocenters. The molecule has 0 aliphatic carbocycles. The molecule has 0 radical (unpaired) electrons. The number of aromatic nitrogens is 2. The fourth-order valence-corrected chi connectivity index (χ4v) is 2.86. The van der Waals surface area contributed by atoms with E-state index in [1.807, 2.05) is 24.0 Å². The normalized spacial score (nSPS) is 10.6. The molecule has 1 heterocycles. The largest absolute Gasteiger partial charge is 0.383 e. The lowest BCUT2D eigenvalue weighted by molar-refractivity contribution is 0.588. The molecular weight excluding hydrogens is 296 g/mol. The van der Waals surface area contributed by atoms with Gasteiger partial charge in [0.25, 0.3) is 0 Å². The SMILES string of the molecule is C=CCN(CC=C)c1nc(C)c(CCCCCCCCC)c(N)n1. The Morgan fingerprint density at radius 1 is 0.958 bits per heavy atom. The van der Waals surface area contributed by atoms with Crippen LogP contribution < -0.4 is 10.6 Å². The van der Waals surface area contributed by atoms with Crippen LogP contribution in [0.5, 0.6) is 0 Å². The van der Waals surface area contributed by atoms with E-state index in [0.717, 1.165) is 24.1 Å². The third-order valence-corrected chi connectivity index (χ3v) is 4.25. The zero-order chi connectivity index (χ0) is 17.8. The van der Waals surface area contributed by atoms with Crippen molar-refractivity contribution >= 4 is 11.8 Å². The van der Waals surface area contributed by atoms with Gasteiger partial charge < -0.3 is 10.6 Å². The van der Waals surface area contributed by atoms with Crippen LogP contribution in [0.3, 0.4) is 0 Å². The Morgan fingerprint density at radius 2 is 1.54 bits per heavy atom. The van der Waals surface area contributed by atoms with Gasteiger partial charge in [0.05, 0.1) is 0 Å². The van der Waals surface area contributed by atoms with Crippen molar-refractivity contribution in [3.8, 4) is 0 Å². The molecule has 0 aliphatic heterocycles. The van der Waals surface area contributed by atoms with Crippen LogP contribution in [0.2, 0.25) is 0 Å². The lowest BCUT2D eigenvalue weighted by atomic mass is 10.0. The standard InChI is InChI=1S/C20H34N4/c1-5-8-9-10-11-12-13-14-18-17(4)22-20(23-19(18)21)24(15-6-2)16-7-3/h6-7H,2-3,5,8-16H2,1,4H3,(H2,21,22,23). The topological polar surface area (TPSA) is 55.0 Å². The van der Waals surface area contributed by atoms with E-state index in [0.29, 0.717) is 24.9 Å². The first-order chi connectivity index (χ1) is 11.6. The highest BCUT2D eigenvalue weighted by Crippen LogP contribution is 2.20. The van der Waals surface area contributed by atoms with Gasteiger partial charge in [0.1, 0.15) is 5.82 Å². The maximum atomic E-state index is 6.20. The van der Waals surface area contributed by atoms with Crippen LogP contribution in [0.15, 0.2) is 25.3 Å². The summed E-state index contributed by atoms with van der Waals surface area (Å²) < 4.78 is 0. The maximum absolute atomic E-state index is 6.20. The van der Waals surface area contributed by atoms with Crippen molar-refractivity contribution in [2.24, 2.45) is 0 Å². The predicted octanol–water partition coefficient (Wildman–Crippen LogP) is 4.84. The predicted molar refractivity (Wildman–Crippen MR) is 105 cm³/mol. The Balaban J connectivity index is 2.60. The molecule has 24 heavy (non-hydrogen) atoms. The first kappa shape index (κ1) is 20.2. The van der Waals surface area contributed by atoms with Gasteiger partial charge in [-0.2, -0.15) is 4.98 Å². The molecule has 1 aromatic heterocycles. The summed E-state index contributed by atoms with van der Waals surface area (Å²) >= 11 is 0. The lowest BCUT2D eigenvalue weighted by Gasteiger charge is -2.21. The summed E-state index contributed by atoms with van der Waals surface area (Å²) in [6.45, 7) is 13.2. The number of aryl methyl sites for hydroxylation is 1. The Kier molecular flexibility index (Phi) is 9.81. The highest BCUT2D eigenvalue weighted by atomic mass is 15.3. The van der Waals surface area contributed by atoms with Gasteiger partial charge in [-0.15, -0.1) is 13.2 Å². The minimum absolute atomic E-state index is 0.613. The first-order valence-corrected chi connectivity index (χ1v) is 9.23. The van der Waals surface area contributed by atoms with Crippen LogP contribution in [0.4, 0.5) is 11.8 Å². The molecule has 134 valence electrons. The molecule has 2 N–H and O–H groups in total. The van der Waals surface area contributed by atoms with Gasteiger partial charge in [-0.05, 0) is 19.8 Å². The van der Waals surface area contributed by atoms with Crippen molar-refractivity contribution in [3.05, 3.63) is 36.6 Å². The molecule has 4 heteroatoms. The fraction of sp³-hybridized carbons (Fsp3) is 0.600. The third kappa shape index (κ3) is 6.73. The minimum atomic E-state index is 0.613. The summed E-state index contributed by atoms with van der Waals surface area (Å²) in [5.74, 6) is 1.27. The molecule has 1 aromatic rings. The van der Waals surface area contributed by atoms with Crippen LogP contribution in [0.1, 0.15) is 63.1 Å². The average molecular weight is 331 g/mol. The molecule has 0 aliphatic rings. The minimum Gasteiger partial charge on any atom is -0.383 e. The van der Waals surface area contributed by atoms with Crippen LogP contribution in [0.25, 0.3) is 0 Å². The smallest absolute Gasteiger partial charge is 0.228 e. The monoisotopic (exact) mass is 330 g/mol. The summed E-state index contributed by atoms with van der Waals surface area (Å²) in [4.78, 5) is 11.2. The third-order valence-electron chi connectivity index (χ3n) is 4.25. The number of hydrogen-bond donors (Lipinski definition) is 1. The Labute approximate surface area is 147 Å². The summed E-state index contributed by atoms with van der Waals surface area (Å²) in [6, 6.07) is 0. The molecule has 0 aromatic carbocycles. The van der Waals surface area contributed by atoms with E-state index in [4.69, 9.17) is 5.73 Å². The number of hydrogen-bond acceptors (Lipinski definition) is 4. The van der Waals surface area contributed by atoms with E-state index < -0.39 is 0 Å². The second-order valence-corrected chi connectivity index (χ2v) is 6.33. The van der Waals surface area contributed by atoms with E-state index in [9.17, 15) is 0 Å². The van der Waals surface area contributed by atoms with E-state index in [-0.39, 0.29) is 0 Å². The Bertz CT molecular complexity index is 477. The van der Waals surface area contributed by atoms with E-state index >= 15 is 0 Å². The lowest BCUT2D eigenvalue weighted by Crippen LogP contribution is -2.26. The Morgan fingerprint density at radius 3 is 2.08 bits per heavy atom. The van der Waals surface area contributed by atoms with E-state index in [2.05, 4.69) is 30.0 Å². The first-order valence-electron chi connectivity index (χ1n) is 9.23. The quantitative estimate of drug-likeness (QED) is 0.415. The molecule has 1 rings (SSSR count). The average Bonchev–Trinajstić information content (AvgIpc) is 2.55. The summed E-state index contributed by atoms with van der Waals surface area (Å²) in [5.41, 5.74) is 8.29. The molecule has 0 saturated heterocycles. The second-order valence-electron chi connectivity index (χ2n) is 6.33. The van der Waals surface area contributed by atoms with Gasteiger partial charge in [0, 0.05) is 24.3 Å². The number of unbranched alkanes of at least 4 members (excludes halogenated alkanes) is 6. The van der Waals surface area contributed by atoms with E-state index in [1.54, 1.807) is 0 Å². The molecule has 0 amide bonds. The van der Waals surface area contributed by atoms with Crippen LogP contribution in [-0.2, 0) is 6.42 Å². The van der Waals surface area contributed by atoms with Gasteiger partial charge in [0.15, 0.2) is 0 Å². The van der Waals surface area contributed by atoms with E-state index in [1.165, 1.54) is 38.5 Å². The summed E-state index contributed by atoms with van der Waals surface area (Å²) in [7, 11) is 0. The molecular formula is C20H34N4. The van der Waals surface area contributed by atoms with Crippen LogP contribution >= 0.6 is 0 Å². The summed E-state index contributed by atoms with van der Waals surface area (Å²) in [6.07, 6.45) is 13.7. The molecule has 0 saturated carbocycles. The number of nitrogen functional groups attached to an aromatic ring is 1. The van der Waals surface area contributed by atoms with Crippen molar-refractivity contribution in [2.45, 2.75) is 65.2 Å². The van der Waals surface area contributed by atoms with Gasteiger partial charge >= 0.3 is 0 Å². The van der Waals surface area contributed by atoms with Crippen LogP contribution in [-0.4, -0.2) is 23.1 Å². The fourth-order valence-electron chi connectivity index (χ4n) is 2.86. The number of nitrogens with zero attached hydrogens (tertiary/aromatic N) is 3. The van der Waals surface area contributed by atoms with Crippen molar-refractivity contribution in [2.75, 3.05) is 23.7 Å². The zero-order valence-corrected chi connectivity index (χ0v) is 15.6. The molecule has 0 unspecified atom stereocenters. The van der Waals surface area contributed by atoms with Crippen molar-refractivity contribution in [1.82, 2.24) is 9.97 Å². The highest BCUT2D eigenvalue weighted by molar-refractivity contribution is 5.48. The van der Waals surface area contributed by atoms with Gasteiger partial charge in [-0.3, -0.25) is 0 Å². The molecule has 4 nitrogen and oxygen atoms in total. The number of nitrogens with two attached hydrogens (primary N) is 1. The summed E-state index contributed by atoms with van der Waals surface area (Å²) in [5, 5.41) is 0. The number of anilines is 2. The zero-order valence-electron chi connectivity index (χ0n) is 15.6. The van der Waals surface area contributed by atoms with Gasteiger partial charge in [-0.1, -0.05) is 57.6 Å². The van der Waals surface area contributed by atoms with Gasteiger partial charge in [0.2, 0.25) is 5.95 Å². The Hall–Kier alpha value is -1.84. The molecule has 0 fully saturated rings. The second kappa shape index (κ2) is 11.7. The molecule has 0 spiro atoms. The maximum Gasteiger partial charge on any atom is 0.228 e. The van der Waals surface area contributed by atoms with Crippen molar-refractivity contribution < 1.29 is 0 Å². The van der Waals surface area contributed by atoms with Crippen molar-refractivity contribution in [1.29, 1.82) is 0 Å². The highest BCUT2D eigenvalue weighted by Gasteiger charge is 2.13. The number of rotatable bonds is 13. The van der Waals surface area contributed by atoms with Crippen molar-refractivity contribution in [3.63, 3.8) is 0 Å². The van der Waals surface area contributed by atoms with Crippen LogP contribution in [0, 0.1) is 6.92 Å². The molecule has 0 bridgehead atoms.